The summed E-state index contributed by atoms with van der Waals surface area (Å²) in [6.07, 6.45) is 0. The second kappa shape index (κ2) is 10.4. The molecule has 0 aliphatic carbocycles. The largest absolute Gasteiger partial charge is 0.350 e. The molecule has 0 spiro atoms. The maximum atomic E-state index is 12.9. The van der Waals surface area contributed by atoms with Gasteiger partial charge in [0.2, 0.25) is 11.8 Å². The fourth-order valence-corrected chi connectivity index (χ4v) is 4.65. The molecule has 2 amide bonds. The van der Waals surface area contributed by atoms with E-state index in [1.165, 1.54) is 28.8 Å². The maximum Gasteiger partial charge on any atom is 0.239 e. The number of aromatic nitrogens is 1. The molecule has 0 saturated heterocycles. The van der Waals surface area contributed by atoms with E-state index in [0.29, 0.717) is 24.6 Å². The number of para-hydroxylation sites is 1. The van der Waals surface area contributed by atoms with Crippen LogP contribution in [0.25, 0.3) is 10.2 Å². The third-order valence-corrected chi connectivity index (χ3v) is 6.41. The number of carbonyl (C=O) groups is 2. The number of nitrogens with one attached hydrogen (secondary N) is 1. The molecule has 0 aliphatic rings. The summed E-state index contributed by atoms with van der Waals surface area (Å²) in [6, 6.07) is 13.9. The summed E-state index contributed by atoms with van der Waals surface area (Å²) in [7, 11) is 0. The van der Waals surface area contributed by atoms with E-state index in [2.05, 4.69) is 10.3 Å². The Labute approximate surface area is 177 Å². The zero-order chi connectivity index (χ0) is 20.6. The second-order valence-corrected chi connectivity index (χ2v) is 8.48. The first kappa shape index (κ1) is 21.3. The number of fused-ring (bicyclic) bond motifs is 1. The van der Waals surface area contributed by atoms with Crippen LogP contribution in [-0.2, 0) is 21.9 Å². The van der Waals surface area contributed by atoms with Crippen LogP contribution < -0.4 is 5.32 Å². The predicted octanol–water partition coefficient (Wildman–Crippen LogP) is 3.83. The van der Waals surface area contributed by atoms with Crippen LogP contribution in [0.5, 0.6) is 0 Å². The van der Waals surface area contributed by atoms with E-state index in [4.69, 9.17) is 0 Å². The van der Waals surface area contributed by atoms with Gasteiger partial charge in [0, 0.05) is 18.8 Å². The van der Waals surface area contributed by atoms with E-state index >= 15 is 0 Å². The Morgan fingerprint density at radius 3 is 2.66 bits per heavy atom. The van der Waals surface area contributed by atoms with Gasteiger partial charge in [-0.1, -0.05) is 24.3 Å². The zero-order valence-corrected chi connectivity index (χ0v) is 17.7. The van der Waals surface area contributed by atoms with Crippen LogP contribution in [-0.4, -0.2) is 40.5 Å². The molecule has 29 heavy (non-hydrogen) atoms. The minimum atomic E-state index is -0.314. The smallest absolute Gasteiger partial charge is 0.239 e. The Bertz CT molecular complexity index is 942. The summed E-state index contributed by atoms with van der Waals surface area (Å²) >= 11 is 3.14. The molecular formula is C21H22FN3O2S2. The number of thiazole rings is 1. The number of thioether (sulfide) groups is 1. The molecule has 0 bridgehead atoms. The molecule has 1 aromatic heterocycles. The number of likely N-dealkylation sites (N-methyl/N-ethyl adjacent to an activating group) is 1. The summed E-state index contributed by atoms with van der Waals surface area (Å²) in [5, 5.41) is 3.75. The van der Waals surface area contributed by atoms with Crippen molar-refractivity contribution in [3.05, 3.63) is 64.9 Å². The van der Waals surface area contributed by atoms with Crippen molar-refractivity contribution in [3.63, 3.8) is 0 Å². The third-order valence-electron chi connectivity index (χ3n) is 4.26. The number of rotatable bonds is 9. The second-order valence-electron chi connectivity index (χ2n) is 6.38. The van der Waals surface area contributed by atoms with Crippen LogP contribution in [0.1, 0.15) is 17.5 Å². The zero-order valence-electron chi connectivity index (χ0n) is 16.1. The lowest BCUT2D eigenvalue weighted by molar-refractivity contribution is -0.133. The normalized spacial score (nSPS) is 10.8. The van der Waals surface area contributed by atoms with Crippen molar-refractivity contribution in [2.24, 2.45) is 0 Å². The lowest BCUT2D eigenvalue weighted by atomic mass is 10.2. The van der Waals surface area contributed by atoms with E-state index in [1.807, 2.05) is 31.2 Å². The van der Waals surface area contributed by atoms with Crippen molar-refractivity contribution < 1.29 is 14.0 Å². The minimum absolute atomic E-state index is 0.0121. The molecule has 1 N–H and O–H groups in total. The van der Waals surface area contributed by atoms with Gasteiger partial charge in [0.15, 0.2) is 0 Å². The molecule has 0 radical (unpaired) electrons. The van der Waals surface area contributed by atoms with Crippen molar-refractivity contribution in [2.75, 3.05) is 18.8 Å². The fourth-order valence-electron chi connectivity index (χ4n) is 2.71. The maximum absolute atomic E-state index is 12.9. The standard InChI is InChI=1S/C21H22FN3O2S2/c1-2-25(12-19(26)23-11-15-7-9-16(22)10-8-15)21(27)14-28-13-20-24-17-5-3-4-6-18(17)29-20/h3-10H,2,11-14H2,1H3,(H,23,26). The Hall–Kier alpha value is -2.45. The van der Waals surface area contributed by atoms with Crippen LogP contribution in [0, 0.1) is 5.82 Å². The fraction of sp³-hybridized carbons (Fsp3) is 0.286. The summed E-state index contributed by atoms with van der Waals surface area (Å²) in [6.45, 7) is 2.63. The Kier molecular flexibility index (Phi) is 7.60. The average molecular weight is 432 g/mol. The van der Waals surface area contributed by atoms with Crippen LogP contribution in [0.3, 0.4) is 0 Å². The van der Waals surface area contributed by atoms with Crippen LogP contribution >= 0.6 is 23.1 Å². The number of hydrogen-bond acceptors (Lipinski definition) is 5. The summed E-state index contributed by atoms with van der Waals surface area (Å²) < 4.78 is 14.1. The van der Waals surface area contributed by atoms with Crippen molar-refractivity contribution in [1.29, 1.82) is 0 Å². The van der Waals surface area contributed by atoms with Crippen LogP contribution in [0.4, 0.5) is 4.39 Å². The number of carbonyl (C=O) groups excluding carboxylic acids is 2. The third kappa shape index (κ3) is 6.27. The van der Waals surface area contributed by atoms with Gasteiger partial charge in [0.25, 0.3) is 0 Å². The molecule has 0 fully saturated rings. The van der Waals surface area contributed by atoms with E-state index < -0.39 is 0 Å². The highest BCUT2D eigenvalue weighted by molar-refractivity contribution is 7.99. The van der Waals surface area contributed by atoms with Gasteiger partial charge in [-0.05, 0) is 36.8 Å². The number of hydrogen-bond donors (Lipinski definition) is 1. The topological polar surface area (TPSA) is 62.3 Å². The average Bonchev–Trinajstić information content (AvgIpc) is 3.14. The van der Waals surface area contributed by atoms with Gasteiger partial charge < -0.3 is 10.2 Å². The number of amides is 2. The van der Waals surface area contributed by atoms with Crippen molar-refractivity contribution >= 4 is 45.1 Å². The highest BCUT2D eigenvalue weighted by Crippen LogP contribution is 2.24. The molecule has 1 heterocycles. The lowest BCUT2D eigenvalue weighted by Crippen LogP contribution is -2.41. The molecular weight excluding hydrogens is 409 g/mol. The first-order valence-electron chi connectivity index (χ1n) is 9.26. The molecule has 5 nitrogen and oxygen atoms in total. The summed E-state index contributed by atoms with van der Waals surface area (Å²) in [5.41, 5.74) is 1.79. The van der Waals surface area contributed by atoms with E-state index in [-0.39, 0.29) is 24.2 Å². The van der Waals surface area contributed by atoms with E-state index in [9.17, 15) is 14.0 Å². The predicted molar refractivity (Wildman–Crippen MR) is 116 cm³/mol. The first-order valence-corrected chi connectivity index (χ1v) is 11.2. The van der Waals surface area contributed by atoms with Gasteiger partial charge in [-0.15, -0.1) is 23.1 Å². The molecule has 2 aromatic carbocycles. The molecule has 0 aliphatic heterocycles. The summed E-state index contributed by atoms with van der Waals surface area (Å²) in [5.74, 6) is 0.344. The molecule has 0 saturated carbocycles. The molecule has 8 heteroatoms. The monoisotopic (exact) mass is 431 g/mol. The Morgan fingerprint density at radius 2 is 1.93 bits per heavy atom. The quantitative estimate of drug-likeness (QED) is 0.559. The van der Waals surface area contributed by atoms with Gasteiger partial charge in [0.1, 0.15) is 10.8 Å². The van der Waals surface area contributed by atoms with Crippen molar-refractivity contribution in [3.8, 4) is 0 Å². The van der Waals surface area contributed by atoms with Gasteiger partial charge >= 0.3 is 0 Å². The van der Waals surface area contributed by atoms with Crippen LogP contribution in [0.2, 0.25) is 0 Å². The molecule has 3 aromatic rings. The number of halogens is 1. The number of benzene rings is 2. The Balaban J connectivity index is 1.42. The first-order chi connectivity index (χ1) is 14.0. The van der Waals surface area contributed by atoms with Crippen LogP contribution in [0.15, 0.2) is 48.5 Å². The van der Waals surface area contributed by atoms with Crippen molar-refractivity contribution in [2.45, 2.75) is 19.2 Å². The lowest BCUT2D eigenvalue weighted by Gasteiger charge is -2.20. The molecule has 3 rings (SSSR count). The van der Waals surface area contributed by atoms with Crippen molar-refractivity contribution in [1.82, 2.24) is 15.2 Å². The molecule has 0 atom stereocenters. The van der Waals surface area contributed by atoms with Gasteiger partial charge in [-0.2, -0.15) is 0 Å². The Morgan fingerprint density at radius 1 is 1.17 bits per heavy atom. The highest BCUT2D eigenvalue weighted by atomic mass is 32.2. The minimum Gasteiger partial charge on any atom is -0.350 e. The SMILES string of the molecule is CCN(CC(=O)NCc1ccc(F)cc1)C(=O)CSCc1nc2ccccc2s1. The van der Waals surface area contributed by atoms with Gasteiger partial charge in [0.05, 0.1) is 22.5 Å². The highest BCUT2D eigenvalue weighted by Gasteiger charge is 2.16. The summed E-state index contributed by atoms with van der Waals surface area (Å²) in [4.78, 5) is 30.7. The van der Waals surface area contributed by atoms with E-state index in [0.717, 1.165) is 20.8 Å². The number of nitrogens with zero attached hydrogens (tertiary/aromatic N) is 2. The van der Waals surface area contributed by atoms with Gasteiger partial charge in [-0.25, -0.2) is 9.37 Å². The molecule has 152 valence electrons. The van der Waals surface area contributed by atoms with E-state index in [1.54, 1.807) is 23.5 Å². The van der Waals surface area contributed by atoms with Gasteiger partial charge in [-0.3, -0.25) is 9.59 Å². The molecule has 0 unspecified atom stereocenters.